The van der Waals surface area contributed by atoms with Crippen LogP contribution in [0.2, 0.25) is 0 Å². The smallest absolute Gasteiger partial charge is 0.354 e. The van der Waals surface area contributed by atoms with Crippen molar-refractivity contribution in [3.05, 3.63) is 23.5 Å². The molecule has 0 radical (unpaired) electrons. The highest BCUT2D eigenvalue weighted by Crippen LogP contribution is 2.39. The lowest BCUT2D eigenvalue weighted by atomic mass is 10.2. The van der Waals surface area contributed by atoms with Crippen LogP contribution in [0.3, 0.4) is 0 Å². The summed E-state index contributed by atoms with van der Waals surface area (Å²) in [5, 5.41) is 8.72. The third kappa shape index (κ3) is 1.61. The maximum Gasteiger partial charge on any atom is 0.354 e. The second kappa shape index (κ2) is 2.73. The van der Waals surface area contributed by atoms with Crippen LogP contribution in [-0.4, -0.2) is 16.1 Å². The van der Waals surface area contributed by atoms with Crippen molar-refractivity contribution in [2.75, 3.05) is 5.73 Å². The molecule has 0 unspecified atom stereocenters. The number of anilines is 1. The lowest BCUT2D eigenvalue weighted by Crippen LogP contribution is -2.04. The topological polar surface area (TPSA) is 76.2 Å². The zero-order valence-corrected chi connectivity index (χ0v) is 7.03. The van der Waals surface area contributed by atoms with Crippen molar-refractivity contribution >= 4 is 11.7 Å². The van der Waals surface area contributed by atoms with Crippen LogP contribution in [0.1, 0.15) is 34.9 Å². The van der Waals surface area contributed by atoms with Gasteiger partial charge >= 0.3 is 5.97 Å². The van der Waals surface area contributed by atoms with Gasteiger partial charge in [0.25, 0.3) is 0 Å². The number of rotatable bonds is 2. The van der Waals surface area contributed by atoms with E-state index >= 15 is 0 Å². The molecule has 4 heteroatoms. The van der Waals surface area contributed by atoms with Crippen LogP contribution >= 0.6 is 0 Å². The number of hydrogen-bond acceptors (Lipinski definition) is 3. The maximum atomic E-state index is 10.6. The van der Waals surface area contributed by atoms with Gasteiger partial charge in [0, 0.05) is 17.3 Å². The van der Waals surface area contributed by atoms with Gasteiger partial charge in [0.2, 0.25) is 0 Å². The van der Waals surface area contributed by atoms with Crippen molar-refractivity contribution < 1.29 is 9.90 Å². The molecule has 0 aromatic carbocycles. The Labute approximate surface area is 75.4 Å². The molecule has 1 aromatic heterocycles. The van der Waals surface area contributed by atoms with Crippen LogP contribution in [0.5, 0.6) is 0 Å². The Morgan fingerprint density at radius 2 is 2.23 bits per heavy atom. The van der Waals surface area contributed by atoms with Crippen LogP contribution in [0, 0.1) is 0 Å². The number of aromatic nitrogens is 1. The first-order chi connectivity index (χ1) is 6.16. The van der Waals surface area contributed by atoms with E-state index in [4.69, 9.17) is 10.8 Å². The van der Waals surface area contributed by atoms with Gasteiger partial charge in [-0.1, -0.05) is 0 Å². The number of carboxylic acids is 1. The van der Waals surface area contributed by atoms with Crippen molar-refractivity contribution in [2.24, 2.45) is 0 Å². The summed E-state index contributed by atoms with van der Waals surface area (Å²) in [6, 6.07) is 3.14. The zero-order valence-electron chi connectivity index (χ0n) is 7.03. The number of nitrogen functional groups attached to an aromatic ring is 1. The van der Waals surface area contributed by atoms with Gasteiger partial charge in [0.1, 0.15) is 0 Å². The highest BCUT2D eigenvalue weighted by Gasteiger charge is 2.26. The van der Waals surface area contributed by atoms with Crippen molar-refractivity contribution in [1.29, 1.82) is 0 Å². The third-order valence-electron chi connectivity index (χ3n) is 2.08. The molecule has 1 heterocycles. The first-order valence-electron chi connectivity index (χ1n) is 4.17. The summed E-state index contributed by atoms with van der Waals surface area (Å²) in [7, 11) is 0. The monoisotopic (exact) mass is 178 g/mol. The summed E-state index contributed by atoms with van der Waals surface area (Å²) in [6.07, 6.45) is 2.19. The molecular formula is C9H10N2O2. The van der Waals surface area contributed by atoms with Crippen LogP contribution in [-0.2, 0) is 0 Å². The van der Waals surface area contributed by atoms with Gasteiger partial charge in [0.15, 0.2) is 5.69 Å². The fourth-order valence-corrected chi connectivity index (χ4v) is 1.27. The van der Waals surface area contributed by atoms with Crippen LogP contribution in [0.4, 0.5) is 5.69 Å². The first-order valence-corrected chi connectivity index (χ1v) is 4.17. The zero-order chi connectivity index (χ0) is 9.42. The molecule has 0 spiro atoms. The molecule has 68 valence electrons. The van der Waals surface area contributed by atoms with E-state index in [0.717, 1.165) is 18.5 Å². The lowest BCUT2D eigenvalue weighted by Gasteiger charge is -2.01. The second-order valence-corrected chi connectivity index (χ2v) is 3.29. The van der Waals surface area contributed by atoms with Crippen molar-refractivity contribution in [1.82, 2.24) is 4.98 Å². The normalized spacial score (nSPS) is 15.7. The highest BCUT2D eigenvalue weighted by atomic mass is 16.4. The Kier molecular flexibility index (Phi) is 1.69. The van der Waals surface area contributed by atoms with E-state index in [2.05, 4.69) is 4.98 Å². The molecule has 1 aliphatic rings. The standard InChI is InChI=1S/C9H10N2O2/c10-6-3-7(5-1-2-5)11-8(4-6)9(12)13/h3-5H,1-2H2,(H2,10,11)(H,12,13). The molecule has 0 bridgehead atoms. The molecule has 13 heavy (non-hydrogen) atoms. The van der Waals surface area contributed by atoms with E-state index in [1.54, 1.807) is 6.07 Å². The van der Waals surface area contributed by atoms with Crippen LogP contribution < -0.4 is 5.73 Å². The predicted molar refractivity (Wildman–Crippen MR) is 47.6 cm³/mol. The number of nitrogens with two attached hydrogens (primary N) is 1. The largest absolute Gasteiger partial charge is 0.477 e. The minimum atomic E-state index is -1.02. The van der Waals surface area contributed by atoms with Gasteiger partial charge in [-0.15, -0.1) is 0 Å². The third-order valence-corrected chi connectivity index (χ3v) is 2.08. The molecule has 0 atom stereocenters. The Morgan fingerprint density at radius 3 is 2.77 bits per heavy atom. The molecule has 4 nitrogen and oxygen atoms in total. The van der Waals surface area contributed by atoms with Gasteiger partial charge < -0.3 is 10.8 Å². The van der Waals surface area contributed by atoms with Gasteiger partial charge in [-0.25, -0.2) is 9.78 Å². The molecule has 0 amide bonds. The van der Waals surface area contributed by atoms with Crippen molar-refractivity contribution in [3.8, 4) is 0 Å². The minimum absolute atomic E-state index is 0.0434. The molecule has 3 N–H and O–H groups in total. The van der Waals surface area contributed by atoms with Crippen LogP contribution in [0.25, 0.3) is 0 Å². The number of carbonyl (C=O) groups is 1. The molecule has 1 saturated carbocycles. The summed E-state index contributed by atoms with van der Waals surface area (Å²) in [6.45, 7) is 0. The number of pyridine rings is 1. The fourth-order valence-electron chi connectivity index (χ4n) is 1.27. The van der Waals surface area contributed by atoms with E-state index in [1.165, 1.54) is 6.07 Å². The molecule has 2 rings (SSSR count). The van der Waals surface area contributed by atoms with E-state index < -0.39 is 5.97 Å². The van der Waals surface area contributed by atoms with Gasteiger partial charge in [-0.05, 0) is 25.0 Å². The molecular weight excluding hydrogens is 168 g/mol. The van der Waals surface area contributed by atoms with Crippen LogP contribution in [0.15, 0.2) is 12.1 Å². The maximum absolute atomic E-state index is 10.6. The van der Waals surface area contributed by atoms with Gasteiger partial charge in [-0.2, -0.15) is 0 Å². The van der Waals surface area contributed by atoms with E-state index in [0.29, 0.717) is 11.6 Å². The Hall–Kier alpha value is -1.58. The summed E-state index contributed by atoms with van der Waals surface area (Å²) >= 11 is 0. The SMILES string of the molecule is Nc1cc(C(=O)O)nc(C2CC2)c1. The quantitative estimate of drug-likeness (QED) is 0.714. The predicted octanol–water partition coefficient (Wildman–Crippen LogP) is 1.24. The summed E-state index contributed by atoms with van der Waals surface area (Å²) in [5.41, 5.74) is 6.90. The van der Waals surface area contributed by atoms with E-state index in [-0.39, 0.29) is 5.69 Å². The summed E-state index contributed by atoms with van der Waals surface area (Å²) in [4.78, 5) is 14.6. The molecule has 1 aromatic rings. The molecule has 0 saturated heterocycles. The Balaban J connectivity index is 2.41. The molecule has 1 aliphatic carbocycles. The first kappa shape index (κ1) is 8.04. The Bertz CT molecular complexity index is 359. The van der Waals surface area contributed by atoms with E-state index in [1.807, 2.05) is 0 Å². The fraction of sp³-hybridized carbons (Fsp3) is 0.333. The summed E-state index contributed by atoms with van der Waals surface area (Å²) < 4.78 is 0. The Morgan fingerprint density at radius 1 is 1.54 bits per heavy atom. The van der Waals surface area contributed by atoms with Gasteiger partial charge in [0.05, 0.1) is 0 Å². The van der Waals surface area contributed by atoms with Crippen molar-refractivity contribution in [3.63, 3.8) is 0 Å². The van der Waals surface area contributed by atoms with Crippen molar-refractivity contribution in [2.45, 2.75) is 18.8 Å². The van der Waals surface area contributed by atoms with Gasteiger partial charge in [-0.3, -0.25) is 0 Å². The second-order valence-electron chi connectivity index (χ2n) is 3.29. The average Bonchev–Trinajstić information content (AvgIpc) is 2.85. The molecule has 1 fully saturated rings. The minimum Gasteiger partial charge on any atom is -0.477 e. The number of nitrogens with zero attached hydrogens (tertiary/aromatic N) is 1. The number of hydrogen-bond donors (Lipinski definition) is 2. The average molecular weight is 178 g/mol. The number of carboxylic acid groups (broad SMARTS) is 1. The summed E-state index contributed by atoms with van der Waals surface area (Å²) in [5.74, 6) is -0.587. The lowest BCUT2D eigenvalue weighted by molar-refractivity contribution is 0.0690. The number of aromatic carboxylic acids is 1. The van der Waals surface area contributed by atoms with E-state index in [9.17, 15) is 4.79 Å². The highest BCUT2D eigenvalue weighted by molar-refractivity contribution is 5.86. The molecule has 0 aliphatic heterocycles.